The van der Waals surface area contributed by atoms with E-state index in [-0.39, 0.29) is 37.4 Å². The maximum absolute atomic E-state index is 13.7. The van der Waals surface area contributed by atoms with Crippen molar-refractivity contribution in [2.45, 2.75) is 44.4 Å². The average Bonchev–Trinajstić information content (AvgIpc) is 3.68. The highest BCUT2D eigenvalue weighted by Gasteiger charge is 2.44. The first kappa shape index (κ1) is 29.3. The molecule has 1 saturated carbocycles. The van der Waals surface area contributed by atoms with Gasteiger partial charge in [0.05, 0.1) is 35.0 Å². The molecule has 41 heavy (non-hydrogen) atoms. The highest BCUT2D eigenvalue weighted by Crippen LogP contribution is 2.54. The number of piperidine rings is 2. The Labute approximate surface area is 237 Å². The lowest BCUT2D eigenvalue weighted by Gasteiger charge is -2.35. The fourth-order valence-electron chi connectivity index (χ4n) is 5.59. The van der Waals surface area contributed by atoms with E-state index in [0.29, 0.717) is 28.0 Å². The third-order valence-corrected chi connectivity index (χ3v) is 9.53. The smallest absolute Gasteiger partial charge is 0.257 e. The molecule has 3 fully saturated rings. The molecule has 2 heterocycles. The van der Waals surface area contributed by atoms with Crippen molar-refractivity contribution >= 4 is 38.7 Å². The second kappa shape index (κ2) is 11.6. The van der Waals surface area contributed by atoms with Gasteiger partial charge in [-0.1, -0.05) is 0 Å². The van der Waals surface area contributed by atoms with E-state index in [4.69, 9.17) is 9.84 Å². The molecule has 0 radical (unpaired) electrons. The first-order valence-electron chi connectivity index (χ1n) is 13.8. The highest BCUT2D eigenvalue weighted by molar-refractivity contribution is 7.92. The molecule has 2 saturated heterocycles. The largest absolute Gasteiger partial charge is 0.461 e. The van der Waals surface area contributed by atoms with Crippen LogP contribution in [0, 0.1) is 5.41 Å². The second-order valence-corrected chi connectivity index (χ2v) is 12.9. The molecule has 2 aromatic carbocycles. The third-order valence-electron chi connectivity index (χ3n) is 8.26. The van der Waals surface area contributed by atoms with Gasteiger partial charge < -0.3 is 25.0 Å². The minimum Gasteiger partial charge on any atom is -0.461 e. The van der Waals surface area contributed by atoms with E-state index >= 15 is 0 Å². The SMILES string of the molecule is O=C(Nc1ccc(OCF)c(N2CCC(F)(F)CC2)c1)c1ccc(NS(=O)(=O)CCO)cc1N1CCC2(CC1)CC2. The van der Waals surface area contributed by atoms with Crippen molar-refractivity contribution in [1.29, 1.82) is 0 Å². The zero-order valence-corrected chi connectivity index (χ0v) is 23.5. The van der Waals surface area contributed by atoms with Gasteiger partial charge in [-0.15, -0.1) is 0 Å². The number of carbonyl (C=O) groups excluding carboxylic acids is 1. The lowest BCUT2D eigenvalue weighted by molar-refractivity contribution is -0.0221. The number of hydrogen-bond donors (Lipinski definition) is 3. The Bertz CT molecular complexity index is 1370. The zero-order chi connectivity index (χ0) is 29.3. The molecule has 224 valence electrons. The van der Waals surface area contributed by atoms with E-state index in [1.54, 1.807) is 29.2 Å². The molecule has 1 spiro atoms. The summed E-state index contributed by atoms with van der Waals surface area (Å²) < 4.78 is 72.6. The van der Waals surface area contributed by atoms with Gasteiger partial charge in [0.1, 0.15) is 5.75 Å². The maximum atomic E-state index is 13.7. The van der Waals surface area contributed by atoms with Gasteiger partial charge in [0.15, 0.2) is 0 Å². The summed E-state index contributed by atoms with van der Waals surface area (Å²) in [5, 5.41) is 11.9. The number of alkyl halides is 3. The summed E-state index contributed by atoms with van der Waals surface area (Å²) in [6.45, 7) is -0.0354. The van der Waals surface area contributed by atoms with E-state index in [1.165, 1.54) is 25.0 Å². The van der Waals surface area contributed by atoms with Gasteiger partial charge in [-0.25, -0.2) is 21.6 Å². The number of halogens is 3. The molecule has 0 unspecified atom stereocenters. The predicted octanol–water partition coefficient (Wildman–Crippen LogP) is 4.59. The van der Waals surface area contributed by atoms with E-state index in [1.807, 2.05) is 0 Å². The summed E-state index contributed by atoms with van der Waals surface area (Å²) in [5.74, 6) is -3.45. The fraction of sp³-hybridized carbons (Fsp3) is 0.536. The summed E-state index contributed by atoms with van der Waals surface area (Å²) in [4.78, 5) is 17.4. The normalized spacial score (nSPS) is 19.6. The van der Waals surface area contributed by atoms with E-state index in [9.17, 15) is 26.4 Å². The topological polar surface area (TPSA) is 111 Å². The Morgan fingerprint density at radius 3 is 2.15 bits per heavy atom. The van der Waals surface area contributed by atoms with Crippen LogP contribution < -0.4 is 24.6 Å². The molecular formula is C28H35F3N4O5S. The van der Waals surface area contributed by atoms with Crippen LogP contribution in [-0.4, -0.2) is 70.8 Å². The molecule has 0 aromatic heterocycles. The standard InChI is InChI=1S/C28H35F3N4O5S/c29-19-40-25-4-2-20(17-24(25)35-13-9-28(30,31)10-14-35)32-26(37)22-3-1-21(33-41(38,39)16-15-36)18-23(22)34-11-7-27(5-6-27)8-12-34/h1-4,17-18,33,36H,5-16,19H2,(H,32,37). The lowest BCUT2D eigenvalue weighted by atomic mass is 9.93. The highest BCUT2D eigenvalue weighted by atomic mass is 32.2. The van der Waals surface area contributed by atoms with Crippen molar-refractivity contribution in [3.63, 3.8) is 0 Å². The van der Waals surface area contributed by atoms with Crippen LogP contribution >= 0.6 is 0 Å². The summed E-state index contributed by atoms with van der Waals surface area (Å²) in [7, 11) is -3.76. The number of amides is 1. The van der Waals surface area contributed by atoms with Crippen LogP contribution in [0.5, 0.6) is 5.75 Å². The number of nitrogens with zero attached hydrogens (tertiary/aromatic N) is 2. The van der Waals surface area contributed by atoms with Crippen molar-refractivity contribution in [1.82, 2.24) is 0 Å². The van der Waals surface area contributed by atoms with Crippen LogP contribution in [-0.2, 0) is 10.0 Å². The van der Waals surface area contributed by atoms with Crippen LogP contribution in [0.3, 0.4) is 0 Å². The predicted molar refractivity (Wildman–Crippen MR) is 151 cm³/mol. The molecule has 3 N–H and O–H groups in total. The van der Waals surface area contributed by atoms with E-state index in [0.717, 1.165) is 25.9 Å². The molecule has 13 heteroatoms. The van der Waals surface area contributed by atoms with Crippen molar-refractivity contribution in [3.8, 4) is 5.75 Å². The van der Waals surface area contributed by atoms with Gasteiger partial charge in [-0.05, 0) is 67.5 Å². The minimum absolute atomic E-state index is 0.0568. The van der Waals surface area contributed by atoms with Gasteiger partial charge in [-0.3, -0.25) is 9.52 Å². The summed E-state index contributed by atoms with van der Waals surface area (Å²) in [5.41, 5.74) is 2.38. The summed E-state index contributed by atoms with van der Waals surface area (Å²) in [6.07, 6.45) is 3.70. The van der Waals surface area contributed by atoms with Gasteiger partial charge in [0.25, 0.3) is 11.8 Å². The first-order valence-corrected chi connectivity index (χ1v) is 15.4. The second-order valence-electron chi connectivity index (χ2n) is 11.1. The number of carbonyl (C=O) groups is 1. The van der Waals surface area contributed by atoms with Crippen molar-refractivity contribution in [2.24, 2.45) is 5.41 Å². The summed E-state index contributed by atoms with van der Waals surface area (Å²) in [6, 6.07) is 9.32. The van der Waals surface area contributed by atoms with Gasteiger partial charge >= 0.3 is 0 Å². The minimum atomic E-state index is -3.76. The molecule has 1 amide bonds. The number of aliphatic hydroxyl groups excluding tert-OH is 1. The first-order chi connectivity index (χ1) is 19.5. The van der Waals surface area contributed by atoms with Crippen molar-refractivity contribution in [3.05, 3.63) is 42.0 Å². The number of ether oxygens (including phenoxy) is 1. The van der Waals surface area contributed by atoms with E-state index < -0.39 is 41.1 Å². The van der Waals surface area contributed by atoms with Crippen LogP contribution in [0.25, 0.3) is 0 Å². The van der Waals surface area contributed by atoms with Crippen LogP contribution in [0.15, 0.2) is 36.4 Å². The molecule has 2 aliphatic heterocycles. The average molecular weight is 597 g/mol. The Kier molecular flexibility index (Phi) is 8.29. The number of nitrogens with one attached hydrogen (secondary N) is 2. The molecule has 5 rings (SSSR count). The monoisotopic (exact) mass is 596 g/mol. The number of sulfonamides is 1. The van der Waals surface area contributed by atoms with Crippen molar-refractivity contribution in [2.75, 3.05) is 65.2 Å². The molecule has 1 aliphatic carbocycles. The van der Waals surface area contributed by atoms with E-state index in [2.05, 4.69) is 14.9 Å². The molecular weight excluding hydrogens is 561 g/mol. The Hall–Kier alpha value is -3.19. The molecule has 0 atom stereocenters. The number of aliphatic hydroxyl groups is 1. The van der Waals surface area contributed by atoms with Crippen LogP contribution in [0.4, 0.5) is 35.9 Å². The molecule has 2 aromatic rings. The quantitative estimate of drug-likeness (QED) is 0.368. The molecule has 3 aliphatic rings. The van der Waals surface area contributed by atoms with Gasteiger partial charge in [0, 0.05) is 44.7 Å². The molecule has 0 bridgehead atoms. The number of rotatable bonds is 10. The third kappa shape index (κ3) is 7.00. The Balaban J connectivity index is 1.40. The van der Waals surface area contributed by atoms with Crippen molar-refractivity contribution < 1.29 is 36.2 Å². The molecule has 9 nitrogen and oxygen atoms in total. The van der Waals surface area contributed by atoms with Crippen LogP contribution in [0.1, 0.15) is 48.9 Å². The Morgan fingerprint density at radius 1 is 0.902 bits per heavy atom. The number of hydrogen-bond acceptors (Lipinski definition) is 7. The Morgan fingerprint density at radius 2 is 1.51 bits per heavy atom. The number of benzene rings is 2. The van der Waals surface area contributed by atoms with Gasteiger partial charge in [0.2, 0.25) is 16.9 Å². The zero-order valence-electron chi connectivity index (χ0n) is 22.7. The maximum Gasteiger partial charge on any atom is 0.257 e. The fourth-order valence-corrected chi connectivity index (χ4v) is 6.42. The lowest BCUT2D eigenvalue weighted by Crippen LogP contribution is -2.39. The number of anilines is 4. The van der Waals surface area contributed by atoms with Gasteiger partial charge in [-0.2, -0.15) is 0 Å². The summed E-state index contributed by atoms with van der Waals surface area (Å²) >= 11 is 0. The van der Waals surface area contributed by atoms with Crippen LogP contribution in [0.2, 0.25) is 0 Å².